The number of carboxylic acid groups (broad SMARTS) is 2. The molecule has 1 aromatic heterocycles. The lowest BCUT2D eigenvalue weighted by Crippen LogP contribution is -2.46. The summed E-state index contributed by atoms with van der Waals surface area (Å²) in [6.07, 6.45) is 0. The molecule has 0 aliphatic heterocycles. The Hall–Kier alpha value is -2.78. The average Bonchev–Trinajstić information content (AvgIpc) is 3.00. The van der Waals surface area contributed by atoms with E-state index in [-0.39, 0.29) is 33.1 Å². The smallest absolute Gasteiger partial charge is 0.349 e. The summed E-state index contributed by atoms with van der Waals surface area (Å²) in [5.41, 5.74) is 1.02. The Labute approximate surface area is 195 Å². The normalized spacial score (nSPS) is 11.3. The number of halogens is 1. The lowest BCUT2D eigenvalue weighted by molar-refractivity contribution is -0.139. The van der Waals surface area contributed by atoms with Gasteiger partial charge in [-0.15, -0.1) is 11.3 Å². The molecular weight excluding hydrogens is 456 g/mol. The molecule has 2 aromatic rings. The summed E-state index contributed by atoms with van der Waals surface area (Å²) < 4.78 is 5.14. The second-order valence-corrected chi connectivity index (χ2v) is 10.1. The van der Waals surface area contributed by atoms with Gasteiger partial charge in [0, 0.05) is 18.3 Å². The minimum atomic E-state index is -1.27. The lowest BCUT2D eigenvalue weighted by atomic mass is 9.95. The van der Waals surface area contributed by atoms with Crippen LogP contribution in [0.1, 0.15) is 44.3 Å². The molecule has 0 atom stereocenters. The summed E-state index contributed by atoms with van der Waals surface area (Å²) in [6.45, 7) is 9.54. The van der Waals surface area contributed by atoms with Gasteiger partial charge >= 0.3 is 18.0 Å². The summed E-state index contributed by atoms with van der Waals surface area (Å²) >= 11 is 7.28. The second-order valence-electron chi connectivity index (χ2n) is 8.69. The SMILES string of the molecule is CC(C)NC(=O)N(CC(C)(C)C)c1cccc(-c2sc(C(=O)O)c(OCC(=O)O)c2Cl)c1. The zero-order valence-corrected chi connectivity index (χ0v) is 20.1. The van der Waals surface area contributed by atoms with E-state index in [2.05, 4.69) is 5.32 Å². The van der Waals surface area contributed by atoms with Gasteiger partial charge in [0.05, 0.1) is 4.88 Å². The Balaban J connectivity index is 2.53. The van der Waals surface area contributed by atoms with E-state index in [0.717, 1.165) is 11.3 Å². The number of anilines is 1. The predicted molar refractivity (Wildman–Crippen MR) is 125 cm³/mol. The fourth-order valence-electron chi connectivity index (χ4n) is 2.88. The molecule has 8 nitrogen and oxygen atoms in total. The molecule has 0 bridgehead atoms. The van der Waals surface area contributed by atoms with Gasteiger partial charge in [-0.05, 0) is 37.0 Å². The standard InChI is InChI=1S/C22H27ClN2O6S/c1-12(2)24-21(30)25(11-22(3,4)5)14-8-6-7-13(9-14)18-16(23)17(31-10-15(26)27)19(32-18)20(28)29/h6-9,12H,10-11H2,1-5H3,(H,24,30)(H,26,27)(H,28,29). The van der Waals surface area contributed by atoms with Crippen LogP contribution in [-0.4, -0.2) is 47.4 Å². The minimum absolute atomic E-state index is 0.0137. The maximum Gasteiger partial charge on any atom is 0.349 e. The highest BCUT2D eigenvalue weighted by molar-refractivity contribution is 7.18. The molecule has 0 saturated heterocycles. The van der Waals surface area contributed by atoms with Gasteiger partial charge in [0.25, 0.3) is 0 Å². The Morgan fingerprint density at radius 2 is 1.88 bits per heavy atom. The molecule has 0 radical (unpaired) electrons. The highest BCUT2D eigenvalue weighted by Gasteiger charge is 2.27. The maximum atomic E-state index is 12.9. The number of amides is 2. The van der Waals surface area contributed by atoms with Crippen molar-refractivity contribution in [3.05, 3.63) is 34.2 Å². The van der Waals surface area contributed by atoms with Crippen LogP contribution in [-0.2, 0) is 4.79 Å². The number of urea groups is 1. The largest absolute Gasteiger partial charge is 0.479 e. The molecule has 0 unspecified atom stereocenters. The molecule has 0 aliphatic carbocycles. The highest BCUT2D eigenvalue weighted by Crippen LogP contribution is 2.46. The van der Waals surface area contributed by atoms with E-state index in [0.29, 0.717) is 22.7 Å². The topological polar surface area (TPSA) is 116 Å². The van der Waals surface area contributed by atoms with Crippen LogP contribution in [0.5, 0.6) is 5.75 Å². The van der Waals surface area contributed by atoms with Crippen molar-refractivity contribution < 1.29 is 29.3 Å². The van der Waals surface area contributed by atoms with Crippen LogP contribution in [0.3, 0.4) is 0 Å². The quantitative estimate of drug-likeness (QED) is 0.476. The van der Waals surface area contributed by atoms with Crippen LogP contribution in [0.4, 0.5) is 10.5 Å². The highest BCUT2D eigenvalue weighted by atomic mass is 35.5. The number of carbonyl (C=O) groups is 3. The van der Waals surface area contributed by atoms with Crippen molar-refractivity contribution >= 4 is 46.6 Å². The number of benzene rings is 1. The number of aliphatic carboxylic acids is 1. The summed E-state index contributed by atoms with van der Waals surface area (Å²) in [5.74, 6) is -2.71. The molecule has 0 spiro atoms. The van der Waals surface area contributed by atoms with Gasteiger partial charge in [0.15, 0.2) is 17.2 Å². The number of nitrogens with zero attached hydrogens (tertiary/aromatic N) is 1. The fourth-order valence-corrected chi connectivity index (χ4v) is 4.28. The van der Waals surface area contributed by atoms with E-state index >= 15 is 0 Å². The number of thiophene rings is 1. The van der Waals surface area contributed by atoms with E-state index in [9.17, 15) is 19.5 Å². The van der Waals surface area contributed by atoms with E-state index in [1.165, 1.54) is 0 Å². The van der Waals surface area contributed by atoms with Gasteiger partial charge in [-0.1, -0.05) is 44.5 Å². The first-order chi connectivity index (χ1) is 14.8. The summed E-state index contributed by atoms with van der Waals surface area (Å²) in [6, 6.07) is 6.72. The fraction of sp³-hybridized carbons (Fsp3) is 0.409. The van der Waals surface area contributed by atoms with Crippen molar-refractivity contribution in [2.75, 3.05) is 18.1 Å². The summed E-state index contributed by atoms with van der Waals surface area (Å²) in [4.78, 5) is 37.2. The first-order valence-electron chi connectivity index (χ1n) is 9.88. The van der Waals surface area contributed by atoms with Crippen molar-refractivity contribution in [1.29, 1.82) is 0 Å². The molecule has 1 heterocycles. The van der Waals surface area contributed by atoms with Crippen molar-refractivity contribution in [1.82, 2.24) is 5.32 Å². The molecule has 1 aromatic carbocycles. The van der Waals surface area contributed by atoms with Gasteiger partial charge in [0.2, 0.25) is 0 Å². The third-order valence-corrected chi connectivity index (χ3v) is 5.73. The van der Waals surface area contributed by atoms with Crippen molar-refractivity contribution in [3.8, 4) is 16.2 Å². The number of nitrogens with one attached hydrogen (secondary N) is 1. The molecule has 10 heteroatoms. The van der Waals surface area contributed by atoms with Crippen molar-refractivity contribution in [2.45, 2.75) is 40.7 Å². The zero-order valence-electron chi connectivity index (χ0n) is 18.6. The minimum Gasteiger partial charge on any atom is -0.479 e. The van der Waals surface area contributed by atoms with Gasteiger partial charge in [-0.25, -0.2) is 14.4 Å². The van der Waals surface area contributed by atoms with Gasteiger partial charge in [-0.2, -0.15) is 0 Å². The molecule has 3 N–H and O–H groups in total. The van der Waals surface area contributed by atoms with E-state index in [1.54, 1.807) is 29.2 Å². The number of rotatable bonds is 8. The molecule has 0 aliphatic rings. The van der Waals surface area contributed by atoms with Crippen LogP contribution in [0.25, 0.3) is 10.4 Å². The average molecular weight is 483 g/mol. The second kappa shape index (κ2) is 10.2. The molecule has 32 heavy (non-hydrogen) atoms. The predicted octanol–water partition coefficient (Wildman–Crippen LogP) is 5.20. The van der Waals surface area contributed by atoms with Crippen LogP contribution in [0.2, 0.25) is 5.02 Å². The third kappa shape index (κ3) is 6.61. The summed E-state index contributed by atoms with van der Waals surface area (Å²) in [5, 5.41) is 21.3. The number of carbonyl (C=O) groups excluding carboxylic acids is 1. The Bertz CT molecular complexity index is 1010. The third-order valence-electron chi connectivity index (χ3n) is 4.05. The number of carboxylic acids is 2. The van der Waals surface area contributed by atoms with E-state index in [4.69, 9.17) is 21.4 Å². The van der Waals surface area contributed by atoms with Gasteiger partial charge < -0.3 is 20.3 Å². The number of ether oxygens (including phenoxy) is 1. The Kier molecular flexibility index (Phi) is 8.14. The first kappa shape index (κ1) is 25.5. The van der Waals surface area contributed by atoms with E-state index < -0.39 is 18.5 Å². The first-order valence-corrected chi connectivity index (χ1v) is 11.1. The van der Waals surface area contributed by atoms with Crippen LogP contribution in [0.15, 0.2) is 24.3 Å². The number of aromatic carboxylic acids is 1. The van der Waals surface area contributed by atoms with Crippen LogP contribution >= 0.6 is 22.9 Å². The Morgan fingerprint density at radius 1 is 1.22 bits per heavy atom. The monoisotopic (exact) mass is 482 g/mol. The number of hydrogen-bond donors (Lipinski definition) is 3. The molecule has 0 saturated carbocycles. The Morgan fingerprint density at radius 3 is 2.41 bits per heavy atom. The molecular formula is C22H27ClN2O6S. The molecule has 174 valence electrons. The zero-order chi connectivity index (χ0) is 24.2. The van der Waals surface area contributed by atoms with Gasteiger partial charge in [-0.3, -0.25) is 4.90 Å². The molecule has 2 amide bonds. The lowest BCUT2D eigenvalue weighted by Gasteiger charge is -2.31. The molecule has 2 rings (SSSR count). The van der Waals surface area contributed by atoms with Gasteiger partial charge in [0.1, 0.15) is 5.02 Å². The maximum absolute atomic E-state index is 12.9. The van der Waals surface area contributed by atoms with Crippen molar-refractivity contribution in [3.63, 3.8) is 0 Å². The summed E-state index contributed by atoms with van der Waals surface area (Å²) in [7, 11) is 0. The van der Waals surface area contributed by atoms with E-state index in [1.807, 2.05) is 34.6 Å². The molecule has 0 fully saturated rings. The van der Waals surface area contributed by atoms with Crippen LogP contribution in [0, 0.1) is 5.41 Å². The van der Waals surface area contributed by atoms with Crippen molar-refractivity contribution in [2.24, 2.45) is 5.41 Å². The van der Waals surface area contributed by atoms with Crippen LogP contribution < -0.4 is 15.0 Å². The number of hydrogen-bond acceptors (Lipinski definition) is 5.